The lowest BCUT2D eigenvalue weighted by atomic mass is 10.1. The number of likely N-dealkylation sites (tertiary alicyclic amines) is 1. The second-order valence-electron chi connectivity index (χ2n) is 3.20. The summed E-state index contributed by atoms with van der Waals surface area (Å²) < 4.78 is 0. The number of nitrogens with zero attached hydrogens (tertiary/aromatic N) is 1. The highest BCUT2D eigenvalue weighted by Crippen LogP contribution is 2.09. The predicted molar refractivity (Wildman–Crippen MR) is 48.5 cm³/mol. The van der Waals surface area contributed by atoms with Gasteiger partial charge in [0, 0.05) is 13.1 Å². The molecule has 1 aliphatic rings. The van der Waals surface area contributed by atoms with E-state index in [9.17, 15) is 4.79 Å². The smallest absolute Gasteiger partial charge is 0.298 e. The van der Waals surface area contributed by atoms with Gasteiger partial charge in [-0.3, -0.25) is 4.79 Å². The largest absolute Gasteiger partial charge is 0.332 e. The zero-order valence-corrected chi connectivity index (χ0v) is 7.38. The van der Waals surface area contributed by atoms with Gasteiger partial charge in [-0.1, -0.05) is 19.3 Å². The number of amides is 1. The van der Waals surface area contributed by atoms with Crippen molar-refractivity contribution in [3.8, 4) is 12.3 Å². The third kappa shape index (κ3) is 2.58. The summed E-state index contributed by atoms with van der Waals surface area (Å²) in [5, 5.41) is 0. The van der Waals surface area contributed by atoms with Crippen LogP contribution in [0.15, 0.2) is 0 Å². The fourth-order valence-corrected chi connectivity index (χ4v) is 1.54. The lowest BCUT2D eigenvalue weighted by Crippen LogP contribution is -2.32. The molecule has 1 aliphatic heterocycles. The molecule has 66 valence electrons. The average molecular weight is 165 g/mol. The maximum absolute atomic E-state index is 11.1. The van der Waals surface area contributed by atoms with Crippen LogP contribution in [0.25, 0.3) is 0 Å². The number of rotatable bonds is 0. The predicted octanol–water partition coefficient (Wildman–Crippen LogP) is 1.41. The average Bonchev–Trinajstić information content (AvgIpc) is 2.02. The molecule has 0 spiro atoms. The molecular formula is C10H15NO. The van der Waals surface area contributed by atoms with E-state index < -0.39 is 0 Å². The van der Waals surface area contributed by atoms with Gasteiger partial charge in [0.25, 0.3) is 5.91 Å². The Morgan fingerprint density at radius 1 is 1.08 bits per heavy atom. The molecule has 0 bridgehead atoms. The first kappa shape index (κ1) is 9.12. The van der Waals surface area contributed by atoms with Gasteiger partial charge in [0.1, 0.15) is 0 Å². The summed E-state index contributed by atoms with van der Waals surface area (Å²) in [4.78, 5) is 12.9. The van der Waals surface area contributed by atoms with Crippen molar-refractivity contribution in [3.05, 3.63) is 0 Å². The van der Waals surface area contributed by atoms with Gasteiger partial charge < -0.3 is 4.90 Å². The zero-order chi connectivity index (χ0) is 8.81. The van der Waals surface area contributed by atoms with Crippen LogP contribution in [0.2, 0.25) is 0 Å². The highest BCUT2D eigenvalue weighted by Gasteiger charge is 2.11. The fourth-order valence-electron chi connectivity index (χ4n) is 1.54. The lowest BCUT2D eigenvalue weighted by Gasteiger charge is -2.22. The fraction of sp³-hybridized carbons (Fsp3) is 0.700. The van der Waals surface area contributed by atoms with Crippen LogP contribution < -0.4 is 0 Å². The monoisotopic (exact) mass is 165 g/mol. The number of hydrogen-bond donors (Lipinski definition) is 0. The SMILES string of the molecule is C#CC(=O)N1CCCCCCC1. The van der Waals surface area contributed by atoms with E-state index in [2.05, 4.69) is 5.92 Å². The Kier molecular flexibility index (Phi) is 3.66. The summed E-state index contributed by atoms with van der Waals surface area (Å²) in [6.45, 7) is 1.70. The second kappa shape index (κ2) is 4.82. The summed E-state index contributed by atoms with van der Waals surface area (Å²) in [6.07, 6.45) is 11.0. The van der Waals surface area contributed by atoms with Gasteiger partial charge in [-0.05, 0) is 18.8 Å². The number of hydrogen-bond acceptors (Lipinski definition) is 1. The van der Waals surface area contributed by atoms with E-state index in [1.54, 1.807) is 4.90 Å². The van der Waals surface area contributed by atoms with Crippen molar-refractivity contribution in [2.75, 3.05) is 13.1 Å². The van der Waals surface area contributed by atoms with Gasteiger partial charge in [-0.25, -0.2) is 0 Å². The summed E-state index contributed by atoms with van der Waals surface area (Å²) in [5.41, 5.74) is 0. The van der Waals surface area contributed by atoms with E-state index in [0.717, 1.165) is 25.9 Å². The van der Waals surface area contributed by atoms with Crippen molar-refractivity contribution in [2.45, 2.75) is 32.1 Å². The Bertz CT molecular complexity index is 185. The molecule has 1 heterocycles. The number of terminal acetylenes is 1. The molecule has 0 N–H and O–H groups in total. The molecule has 0 saturated carbocycles. The summed E-state index contributed by atoms with van der Waals surface area (Å²) in [7, 11) is 0. The van der Waals surface area contributed by atoms with Crippen LogP contribution in [0.5, 0.6) is 0 Å². The number of carbonyl (C=O) groups is 1. The van der Waals surface area contributed by atoms with Crippen molar-refractivity contribution >= 4 is 5.91 Å². The first-order chi connectivity index (χ1) is 5.84. The van der Waals surface area contributed by atoms with Crippen molar-refractivity contribution in [3.63, 3.8) is 0 Å². The van der Waals surface area contributed by atoms with Crippen molar-refractivity contribution in [1.29, 1.82) is 0 Å². The molecule has 0 unspecified atom stereocenters. The second-order valence-corrected chi connectivity index (χ2v) is 3.20. The molecule has 0 aliphatic carbocycles. The van der Waals surface area contributed by atoms with E-state index in [-0.39, 0.29) is 5.91 Å². The van der Waals surface area contributed by atoms with Crippen LogP contribution in [0.1, 0.15) is 32.1 Å². The van der Waals surface area contributed by atoms with E-state index in [4.69, 9.17) is 6.42 Å². The molecule has 0 aromatic rings. The summed E-state index contributed by atoms with van der Waals surface area (Å²) >= 11 is 0. The van der Waals surface area contributed by atoms with Gasteiger partial charge in [0.05, 0.1) is 0 Å². The van der Waals surface area contributed by atoms with Crippen LogP contribution in [-0.2, 0) is 4.79 Å². The Balaban J connectivity index is 2.40. The van der Waals surface area contributed by atoms with Crippen molar-refractivity contribution < 1.29 is 4.79 Å². The molecular weight excluding hydrogens is 150 g/mol. The molecule has 1 fully saturated rings. The molecule has 0 atom stereocenters. The molecule has 0 aromatic heterocycles. The highest BCUT2D eigenvalue weighted by atomic mass is 16.2. The molecule has 0 radical (unpaired) electrons. The Morgan fingerprint density at radius 3 is 2.08 bits per heavy atom. The van der Waals surface area contributed by atoms with E-state index >= 15 is 0 Å². The van der Waals surface area contributed by atoms with Gasteiger partial charge in [-0.2, -0.15) is 0 Å². The van der Waals surface area contributed by atoms with Crippen LogP contribution in [-0.4, -0.2) is 23.9 Å². The topological polar surface area (TPSA) is 20.3 Å². The van der Waals surface area contributed by atoms with E-state index in [1.807, 2.05) is 0 Å². The quantitative estimate of drug-likeness (QED) is 0.497. The lowest BCUT2D eigenvalue weighted by molar-refractivity contribution is -0.125. The Labute approximate surface area is 73.9 Å². The molecule has 0 aromatic carbocycles. The summed E-state index contributed by atoms with van der Waals surface area (Å²) in [5.74, 6) is 2.03. The van der Waals surface area contributed by atoms with E-state index in [0.29, 0.717) is 0 Å². The minimum atomic E-state index is -0.142. The highest BCUT2D eigenvalue weighted by molar-refractivity contribution is 5.92. The van der Waals surface area contributed by atoms with Gasteiger partial charge >= 0.3 is 0 Å². The molecule has 1 rings (SSSR count). The maximum atomic E-state index is 11.1. The van der Waals surface area contributed by atoms with Crippen molar-refractivity contribution in [1.82, 2.24) is 4.90 Å². The first-order valence-corrected chi connectivity index (χ1v) is 4.60. The maximum Gasteiger partial charge on any atom is 0.298 e. The molecule has 2 nitrogen and oxygen atoms in total. The van der Waals surface area contributed by atoms with Gasteiger partial charge in [0.15, 0.2) is 0 Å². The Morgan fingerprint density at radius 2 is 1.58 bits per heavy atom. The standard InChI is InChI=1S/C10H15NO/c1-2-10(12)11-8-6-4-3-5-7-9-11/h1H,3-9H2. The first-order valence-electron chi connectivity index (χ1n) is 4.60. The van der Waals surface area contributed by atoms with Crippen LogP contribution >= 0.6 is 0 Å². The van der Waals surface area contributed by atoms with Gasteiger partial charge in [-0.15, -0.1) is 6.42 Å². The minimum Gasteiger partial charge on any atom is -0.332 e. The normalized spacial score (nSPS) is 19.1. The zero-order valence-electron chi connectivity index (χ0n) is 7.38. The van der Waals surface area contributed by atoms with Crippen molar-refractivity contribution in [2.24, 2.45) is 0 Å². The Hall–Kier alpha value is -0.970. The third-order valence-electron chi connectivity index (χ3n) is 2.27. The third-order valence-corrected chi connectivity index (χ3v) is 2.27. The van der Waals surface area contributed by atoms with E-state index in [1.165, 1.54) is 19.3 Å². The molecule has 12 heavy (non-hydrogen) atoms. The van der Waals surface area contributed by atoms with Crippen LogP contribution in [0, 0.1) is 12.3 Å². The van der Waals surface area contributed by atoms with Crippen LogP contribution in [0.3, 0.4) is 0 Å². The van der Waals surface area contributed by atoms with Crippen LogP contribution in [0.4, 0.5) is 0 Å². The molecule has 1 amide bonds. The summed E-state index contributed by atoms with van der Waals surface area (Å²) in [6, 6.07) is 0. The molecule has 1 saturated heterocycles. The molecule has 2 heteroatoms. The van der Waals surface area contributed by atoms with Gasteiger partial charge in [0.2, 0.25) is 0 Å². The minimum absolute atomic E-state index is 0.142. The number of carbonyl (C=O) groups excluding carboxylic acids is 1.